The highest BCUT2D eigenvalue weighted by Gasteiger charge is 2.18. The van der Waals surface area contributed by atoms with Gasteiger partial charge < -0.3 is 20.9 Å². The van der Waals surface area contributed by atoms with Gasteiger partial charge >= 0.3 is 0 Å². The highest BCUT2D eigenvalue weighted by Crippen LogP contribution is 2.22. The molecule has 0 bridgehead atoms. The Bertz CT molecular complexity index is 1150. The second-order valence-electron chi connectivity index (χ2n) is 7.79. The maximum Gasteiger partial charge on any atom is 0.257 e. The maximum atomic E-state index is 12.7. The van der Waals surface area contributed by atoms with Crippen LogP contribution in [0.15, 0.2) is 67.0 Å². The van der Waals surface area contributed by atoms with Crippen LogP contribution in [0.5, 0.6) is 0 Å². The van der Waals surface area contributed by atoms with E-state index < -0.39 is 0 Å². The summed E-state index contributed by atoms with van der Waals surface area (Å²) in [6.07, 6.45) is 3.19. The molecule has 1 aliphatic heterocycles. The fourth-order valence-electron chi connectivity index (χ4n) is 3.62. The number of carbonyl (C=O) groups is 3. The summed E-state index contributed by atoms with van der Waals surface area (Å²) in [5.41, 5.74) is 3.97. The number of carbonyl (C=O) groups excluding carboxylic acids is 3. The fraction of sp³-hybridized carbons (Fsp3) is 0.200. The number of nitrogens with one attached hydrogen (secondary N) is 3. The Morgan fingerprint density at radius 2 is 1.45 bits per heavy atom. The van der Waals surface area contributed by atoms with Gasteiger partial charge in [0.2, 0.25) is 5.91 Å². The van der Waals surface area contributed by atoms with E-state index in [2.05, 4.69) is 20.9 Å². The predicted molar refractivity (Wildman–Crippen MR) is 127 cm³/mol. The van der Waals surface area contributed by atoms with Crippen LogP contribution in [0.4, 0.5) is 11.4 Å². The second-order valence-corrected chi connectivity index (χ2v) is 7.79. The van der Waals surface area contributed by atoms with Gasteiger partial charge in [0.25, 0.3) is 11.8 Å². The quantitative estimate of drug-likeness (QED) is 0.563. The van der Waals surface area contributed by atoms with Crippen molar-refractivity contribution in [3.05, 3.63) is 78.1 Å². The van der Waals surface area contributed by atoms with Gasteiger partial charge in [-0.1, -0.05) is 12.1 Å². The van der Waals surface area contributed by atoms with Crippen molar-refractivity contribution in [3.8, 4) is 11.1 Å². The molecule has 0 saturated carbocycles. The van der Waals surface area contributed by atoms with Gasteiger partial charge in [-0.05, 0) is 48.0 Å². The molecule has 1 aliphatic rings. The fourth-order valence-corrected chi connectivity index (χ4v) is 3.62. The third kappa shape index (κ3) is 5.61. The summed E-state index contributed by atoms with van der Waals surface area (Å²) >= 11 is 0. The molecular formula is C25H25N5O3. The Morgan fingerprint density at radius 1 is 0.818 bits per heavy atom. The molecule has 0 spiro atoms. The van der Waals surface area contributed by atoms with Crippen LogP contribution in [-0.2, 0) is 4.79 Å². The highest BCUT2D eigenvalue weighted by atomic mass is 16.2. The van der Waals surface area contributed by atoms with Crippen LogP contribution in [0.2, 0.25) is 0 Å². The number of piperazine rings is 1. The van der Waals surface area contributed by atoms with E-state index in [0.717, 1.165) is 24.2 Å². The molecule has 3 amide bonds. The zero-order chi connectivity index (χ0) is 23.2. The van der Waals surface area contributed by atoms with E-state index in [1.165, 1.54) is 13.1 Å². The maximum absolute atomic E-state index is 12.7. The van der Waals surface area contributed by atoms with Crippen molar-refractivity contribution in [1.82, 2.24) is 15.2 Å². The number of hydrogen-bond donors (Lipinski definition) is 3. The molecule has 0 atom stereocenters. The van der Waals surface area contributed by atoms with E-state index in [1.54, 1.807) is 36.5 Å². The topological polar surface area (TPSA) is 103 Å². The lowest BCUT2D eigenvalue weighted by molar-refractivity contribution is -0.114. The minimum Gasteiger partial charge on any atom is -0.336 e. The van der Waals surface area contributed by atoms with E-state index in [-0.39, 0.29) is 17.7 Å². The molecule has 8 nitrogen and oxygen atoms in total. The molecule has 1 aromatic heterocycles. The lowest BCUT2D eigenvalue weighted by Crippen LogP contribution is -2.46. The summed E-state index contributed by atoms with van der Waals surface area (Å²) in [6.45, 7) is 4.47. The number of aromatic nitrogens is 1. The Kier molecular flexibility index (Phi) is 6.75. The predicted octanol–water partition coefficient (Wildman–Crippen LogP) is 3.00. The van der Waals surface area contributed by atoms with Crippen molar-refractivity contribution in [3.63, 3.8) is 0 Å². The van der Waals surface area contributed by atoms with Crippen molar-refractivity contribution in [1.29, 1.82) is 0 Å². The standard InChI is InChI=1S/C25H25N5O3/c1-17(31)28-22-6-8-23(9-7-22)29-24(32)21-14-20(15-27-16-21)18-2-4-19(5-3-18)25(33)30-12-10-26-11-13-30/h2-9,14-16,26H,10-13H2,1H3,(H,28,31)(H,29,32). The van der Waals surface area contributed by atoms with Gasteiger partial charge in [0, 0.05) is 68.0 Å². The lowest BCUT2D eigenvalue weighted by atomic mass is 10.0. The molecule has 8 heteroatoms. The van der Waals surface area contributed by atoms with Gasteiger partial charge in [0.1, 0.15) is 0 Å². The molecule has 3 N–H and O–H groups in total. The van der Waals surface area contributed by atoms with Gasteiger partial charge in [-0.2, -0.15) is 0 Å². The monoisotopic (exact) mass is 443 g/mol. The summed E-state index contributed by atoms with van der Waals surface area (Å²) in [5.74, 6) is -0.420. The van der Waals surface area contributed by atoms with E-state index in [4.69, 9.17) is 0 Å². The summed E-state index contributed by atoms with van der Waals surface area (Å²) in [6, 6.07) is 16.0. The van der Waals surface area contributed by atoms with Crippen LogP contribution in [0.25, 0.3) is 11.1 Å². The Balaban J connectivity index is 1.44. The molecule has 2 heterocycles. The molecule has 33 heavy (non-hydrogen) atoms. The van der Waals surface area contributed by atoms with Crippen LogP contribution < -0.4 is 16.0 Å². The molecule has 168 valence electrons. The SMILES string of the molecule is CC(=O)Nc1ccc(NC(=O)c2cncc(-c3ccc(C(=O)N4CCNCC4)cc3)c2)cc1. The first kappa shape index (κ1) is 22.2. The van der Waals surface area contributed by atoms with Crippen molar-refractivity contribution >= 4 is 29.1 Å². The first-order valence-electron chi connectivity index (χ1n) is 10.7. The van der Waals surface area contributed by atoms with Gasteiger partial charge in [-0.25, -0.2) is 0 Å². The zero-order valence-electron chi connectivity index (χ0n) is 18.3. The normalized spacial score (nSPS) is 13.3. The number of nitrogens with zero attached hydrogens (tertiary/aromatic N) is 2. The summed E-state index contributed by atoms with van der Waals surface area (Å²) in [7, 11) is 0. The molecule has 0 aliphatic carbocycles. The minimum absolute atomic E-state index is 0.0267. The van der Waals surface area contributed by atoms with Crippen molar-refractivity contribution in [2.45, 2.75) is 6.92 Å². The summed E-state index contributed by atoms with van der Waals surface area (Å²) in [5, 5.41) is 8.76. The molecule has 3 aromatic rings. The lowest BCUT2D eigenvalue weighted by Gasteiger charge is -2.27. The third-order valence-corrected chi connectivity index (χ3v) is 5.33. The number of rotatable bonds is 5. The van der Waals surface area contributed by atoms with Crippen molar-refractivity contribution in [2.75, 3.05) is 36.8 Å². The average molecular weight is 444 g/mol. The number of anilines is 2. The molecule has 0 radical (unpaired) electrons. The summed E-state index contributed by atoms with van der Waals surface area (Å²) in [4.78, 5) is 42.5. The largest absolute Gasteiger partial charge is 0.336 e. The van der Waals surface area contributed by atoms with Gasteiger partial charge in [0.15, 0.2) is 0 Å². The highest BCUT2D eigenvalue weighted by molar-refractivity contribution is 6.05. The second kappa shape index (κ2) is 10.1. The number of hydrogen-bond acceptors (Lipinski definition) is 5. The number of pyridine rings is 1. The van der Waals surface area contributed by atoms with Crippen LogP contribution in [0, 0.1) is 0 Å². The average Bonchev–Trinajstić information content (AvgIpc) is 2.85. The minimum atomic E-state index is -0.290. The van der Waals surface area contributed by atoms with Crippen molar-refractivity contribution in [2.24, 2.45) is 0 Å². The van der Waals surface area contributed by atoms with Crippen LogP contribution in [0.1, 0.15) is 27.6 Å². The van der Waals surface area contributed by atoms with Crippen molar-refractivity contribution < 1.29 is 14.4 Å². The molecular weight excluding hydrogens is 418 g/mol. The van der Waals surface area contributed by atoms with E-state index >= 15 is 0 Å². The molecule has 1 fully saturated rings. The molecule has 0 unspecified atom stereocenters. The van der Waals surface area contributed by atoms with Crippen LogP contribution in [-0.4, -0.2) is 53.8 Å². The van der Waals surface area contributed by atoms with Crippen LogP contribution in [0.3, 0.4) is 0 Å². The van der Waals surface area contributed by atoms with E-state index in [9.17, 15) is 14.4 Å². The number of benzene rings is 2. The molecule has 1 saturated heterocycles. The van der Waals surface area contributed by atoms with Gasteiger partial charge in [0.05, 0.1) is 5.56 Å². The third-order valence-electron chi connectivity index (χ3n) is 5.33. The Morgan fingerprint density at radius 3 is 2.09 bits per heavy atom. The first-order chi connectivity index (χ1) is 16.0. The van der Waals surface area contributed by atoms with Gasteiger partial charge in [-0.15, -0.1) is 0 Å². The van der Waals surface area contributed by atoms with E-state index in [1.807, 2.05) is 29.2 Å². The molecule has 2 aromatic carbocycles. The van der Waals surface area contributed by atoms with E-state index in [0.29, 0.717) is 35.6 Å². The smallest absolute Gasteiger partial charge is 0.257 e. The Labute approximate surface area is 192 Å². The van der Waals surface area contributed by atoms with Gasteiger partial charge in [-0.3, -0.25) is 19.4 Å². The van der Waals surface area contributed by atoms with Crippen LogP contribution >= 0.6 is 0 Å². The summed E-state index contributed by atoms with van der Waals surface area (Å²) < 4.78 is 0. The first-order valence-corrected chi connectivity index (χ1v) is 10.7. The number of amides is 3. The zero-order valence-corrected chi connectivity index (χ0v) is 18.3. The molecule has 4 rings (SSSR count). The Hall–Kier alpha value is -4.04.